The molecular formula is C21H27NO4. The summed E-state index contributed by atoms with van der Waals surface area (Å²) in [6.45, 7) is 4.26. The minimum Gasteiger partial charge on any atom is -0.447 e. The fourth-order valence-electron chi connectivity index (χ4n) is 4.17. The van der Waals surface area contributed by atoms with Crippen LogP contribution in [0.15, 0.2) is 30.3 Å². The minimum absolute atomic E-state index is 0.135. The summed E-state index contributed by atoms with van der Waals surface area (Å²) in [5, 5.41) is 0. The number of ketones is 1. The van der Waals surface area contributed by atoms with Gasteiger partial charge in [-0.15, -0.1) is 0 Å². The van der Waals surface area contributed by atoms with Crippen LogP contribution in [-0.4, -0.2) is 35.3 Å². The van der Waals surface area contributed by atoms with E-state index < -0.39 is 6.09 Å². The lowest BCUT2D eigenvalue weighted by atomic mass is 9.86. The number of hydrogen-bond donors (Lipinski definition) is 0. The first-order valence-corrected chi connectivity index (χ1v) is 9.54. The van der Waals surface area contributed by atoms with E-state index in [1.165, 1.54) is 4.90 Å². The molecule has 3 atom stereocenters. The van der Waals surface area contributed by atoms with Crippen LogP contribution in [0.3, 0.4) is 0 Å². The molecule has 0 bridgehead atoms. The number of imide groups is 1. The summed E-state index contributed by atoms with van der Waals surface area (Å²) in [7, 11) is 0. The zero-order chi connectivity index (χ0) is 18.7. The van der Waals surface area contributed by atoms with E-state index in [9.17, 15) is 14.4 Å². The quantitative estimate of drug-likeness (QED) is 0.720. The van der Waals surface area contributed by atoms with Gasteiger partial charge < -0.3 is 4.74 Å². The summed E-state index contributed by atoms with van der Waals surface area (Å²) < 4.78 is 5.09. The molecule has 0 spiro atoms. The average molecular weight is 357 g/mol. The summed E-state index contributed by atoms with van der Waals surface area (Å²) >= 11 is 0. The molecule has 5 nitrogen and oxygen atoms in total. The number of Topliss-reactive ketones (excluding diaryl/α,β-unsaturated/α-hetero) is 1. The zero-order valence-electron chi connectivity index (χ0n) is 15.5. The van der Waals surface area contributed by atoms with Crippen LogP contribution in [0, 0.1) is 17.8 Å². The molecule has 1 heterocycles. The van der Waals surface area contributed by atoms with Crippen LogP contribution in [0.2, 0.25) is 0 Å². The molecule has 2 fully saturated rings. The molecule has 140 valence electrons. The van der Waals surface area contributed by atoms with Gasteiger partial charge in [-0.25, -0.2) is 9.69 Å². The van der Waals surface area contributed by atoms with E-state index in [-0.39, 0.29) is 42.1 Å². The Balaban J connectivity index is 1.62. The number of hydrogen-bond acceptors (Lipinski definition) is 4. The Bertz CT molecular complexity index is 670. The molecular weight excluding hydrogens is 330 g/mol. The molecule has 0 radical (unpaired) electrons. The maximum absolute atomic E-state index is 12.8. The Kier molecular flexibility index (Phi) is 5.74. The SMILES string of the molecule is CC(C)[C@H]1COC(=O)N1C(=O)C[C@H]1CCC[C@@H]1CC(=O)c1ccccc1. The molecule has 1 aliphatic carbocycles. The van der Waals surface area contributed by atoms with Crippen molar-refractivity contribution in [2.24, 2.45) is 17.8 Å². The highest BCUT2D eigenvalue weighted by Gasteiger charge is 2.41. The largest absolute Gasteiger partial charge is 0.447 e. The predicted octanol–water partition coefficient (Wildman–Crippen LogP) is 4.07. The number of carbonyl (C=O) groups is 3. The molecule has 5 heteroatoms. The summed E-state index contributed by atoms with van der Waals surface area (Å²) in [5.41, 5.74) is 0.729. The third-order valence-corrected chi connectivity index (χ3v) is 5.74. The van der Waals surface area contributed by atoms with Crippen LogP contribution in [0.4, 0.5) is 4.79 Å². The Hall–Kier alpha value is -2.17. The highest BCUT2D eigenvalue weighted by atomic mass is 16.6. The van der Waals surface area contributed by atoms with Crippen LogP contribution in [0.1, 0.15) is 56.3 Å². The molecule has 1 saturated heterocycles. The van der Waals surface area contributed by atoms with E-state index >= 15 is 0 Å². The number of amides is 2. The van der Waals surface area contributed by atoms with Crippen molar-refractivity contribution in [3.8, 4) is 0 Å². The lowest BCUT2D eigenvalue weighted by Crippen LogP contribution is -2.42. The fraction of sp³-hybridized carbons (Fsp3) is 0.571. The van der Waals surface area contributed by atoms with E-state index in [1.807, 2.05) is 44.2 Å². The number of carbonyl (C=O) groups excluding carboxylic acids is 3. The molecule has 3 rings (SSSR count). The Morgan fingerprint density at radius 3 is 2.42 bits per heavy atom. The summed E-state index contributed by atoms with van der Waals surface area (Å²) in [6.07, 6.45) is 3.21. The van der Waals surface area contributed by atoms with Gasteiger partial charge in [0.15, 0.2) is 5.78 Å². The number of benzene rings is 1. The molecule has 1 aromatic carbocycles. The molecule has 0 aromatic heterocycles. The van der Waals surface area contributed by atoms with Crippen LogP contribution < -0.4 is 0 Å². The molecule has 1 aromatic rings. The van der Waals surface area contributed by atoms with Crippen molar-refractivity contribution in [1.29, 1.82) is 0 Å². The third kappa shape index (κ3) is 3.97. The number of ether oxygens (including phenoxy) is 1. The first-order chi connectivity index (χ1) is 12.5. The summed E-state index contributed by atoms with van der Waals surface area (Å²) in [5.74, 6) is 0.523. The van der Waals surface area contributed by atoms with Gasteiger partial charge in [0.2, 0.25) is 5.91 Å². The van der Waals surface area contributed by atoms with Crippen molar-refractivity contribution in [2.75, 3.05) is 6.61 Å². The maximum atomic E-state index is 12.8. The van der Waals surface area contributed by atoms with Gasteiger partial charge in [0.05, 0.1) is 6.04 Å². The van der Waals surface area contributed by atoms with Gasteiger partial charge in [-0.2, -0.15) is 0 Å². The second-order valence-corrected chi connectivity index (χ2v) is 7.80. The smallest absolute Gasteiger partial charge is 0.416 e. The third-order valence-electron chi connectivity index (χ3n) is 5.74. The lowest BCUT2D eigenvalue weighted by Gasteiger charge is -2.25. The summed E-state index contributed by atoms with van der Waals surface area (Å²) in [6, 6.07) is 9.13. The standard InChI is InChI=1S/C21H27NO4/c1-14(2)18-13-26-21(25)22(18)20(24)12-17-10-6-9-16(17)11-19(23)15-7-4-3-5-8-15/h3-5,7-8,14,16-18H,6,9-13H2,1-2H3/t16-,17-,18-/m1/s1. The van der Waals surface area contributed by atoms with Crippen molar-refractivity contribution >= 4 is 17.8 Å². The molecule has 0 unspecified atom stereocenters. The van der Waals surface area contributed by atoms with Gasteiger partial charge in [0, 0.05) is 18.4 Å². The zero-order valence-corrected chi connectivity index (χ0v) is 15.5. The maximum Gasteiger partial charge on any atom is 0.416 e. The Morgan fingerprint density at radius 1 is 1.12 bits per heavy atom. The van der Waals surface area contributed by atoms with E-state index in [0.717, 1.165) is 24.8 Å². The van der Waals surface area contributed by atoms with Crippen molar-refractivity contribution in [3.05, 3.63) is 35.9 Å². The fourth-order valence-corrected chi connectivity index (χ4v) is 4.17. The topological polar surface area (TPSA) is 63.7 Å². The van der Waals surface area contributed by atoms with Gasteiger partial charge in [-0.1, -0.05) is 50.6 Å². The van der Waals surface area contributed by atoms with E-state index in [1.54, 1.807) is 0 Å². The molecule has 26 heavy (non-hydrogen) atoms. The molecule has 2 aliphatic rings. The summed E-state index contributed by atoms with van der Waals surface area (Å²) in [4.78, 5) is 38.6. The molecule has 1 saturated carbocycles. The van der Waals surface area contributed by atoms with Crippen molar-refractivity contribution in [3.63, 3.8) is 0 Å². The van der Waals surface area contributed by atoms with Crippen LogP contribution >= 0.6 is 0 Å². The van der Waals surface area contributed by atoms with Crippen LogP contribution in [-0.2, 0) is 9.53 Å². The molecule has 2 amide bonds. The Morgan fingerprint density at radius 2 is 1.77 bits per heavy atom. The van der Waals surface area contributed by atoms with Crippen molar-refractivity contribution in [2.45, 2.75) is 52.0 Å². The van der Waals surface area contributed by atoms with Crippen molar-refractivity contribution in [1.82, 2.24) is 4.90 Å². The lowest BCUT2D eigenvalue weighted by molar-refractivity contribution is -0.131. The minimum atomic E-state index is -0.524. The normalized spacial score (nSPS) is 25.6. The highest BCUT2D eigenvalue weighted by molar-refractivity contribution is 5.96. The second kappa shape index (κ2) is 8.02. The second-order valence-electron chi connectivity index (χ2n) is 7.80. The van der Waals surface area contributed by atoms with E-state index in [4.69, 9.17) is 4.74 Å². The van der Waals surface area contributed by atoms with Gasteiger partial charge in [-0.3, -0.25) is 9.59 Å². The number of cyclic esters (lactones) is 1. The van der Waals surface area contributed by atoms with Gasteiger partial charge in [0.1, 0.15) is 6.61 Å². The monoisotopic (exact) mass is 357 g/mol. The number of nitrogens with zero attached hydrogens (tertiary/aromatic N) is 1. The predicted molar refractivity (Wildman–Crippen MR) is 97.7 cm³/mol. The first-order valence-electron chi connectivity index (χ1n) is 9.54. The molecule has 1 aliphatic heterocycles. The molecule has 0 N–H and O–H groups in total. The highest BCUT2D eigenvalue weighted by Crippen LogP contribution is 2.38. The van der Waals surface area contributed by atoms with Gasteiger partial charge >= 0.3 is 6.09 Å². The van der Waals surface area contributed by atoms with Crippen LogP contribution in [0.25, 0.3) is 0 Å². The first kappa shape index (κ1) is 18.6. The average Bonchev–Trinajstić information content (AvgIpc) is 3.22. The van der Waals surface area contributed by atoms with E-state index in [2.05, 4.69) is 0 Å². The van der Waals surface area contributed by atoms with Crippen molar-refractivity contribution < 1.29 is 19.1 Å². The number of rotatable bonds is 6. The van der Waals surface area contributed by atoms with Crippen LogP contribution in [0.5, 0.6) is 0 Å². The van der Waals surface area contributed by atoms with E-state index in [0.29, 0.717) is 12.8 Å². The van der Waals surface area contributed by atoms with Gasteiger partial charge in [-0.05, 0) is 30.6 Å². The van der Waals surface area contributed by atoms with Gasteiger partial charge in [0.25, 0.3) is 0 Å². The Labute approximate surface area is 154 Å².